The van der Waals surface area contributed by atoms with Crippen molar-refractivity contribution in [2.24, 2.45) is 0 Å². The van der Waals surface area contributed by atoms with E-state index in [1.54, 1.807) is 34.6 Å². The fourth-order valence-corrected chi connectivity index (χ4v) is 9.12. The third-order valence-electron chi connectivity index (χ3n) is 5.13. The molecule has 2 aromatic rings. The molecule has 0 aliphatic rings. The standard InChI is InChI=1S/C23H34FNO9P2/c1-6-30-23(27)19-16-25(20-12-11-17(24)15-18(20)22(19)26)14-13-21(35(28,31-7-2)32-8-3)36(29,33-9-4)34-10-5/h11-12,15-16,21H,6-10,13-14H2,1-5H3. The van der Waals surface area contributed by atoms with Crippen molar-refractivity contribution in [3.05, 3.63) is 46.0 Å². The Bertz CT molecular complexity index is 1150. The first kappa shape index (κ1) is 30.4. The summed E-state index contributed by atoms with van der Waals surface area (Å²) in [5, 5.41) is -1.33. The maximum atomic E-state index is 14.0. The molecule has 10 nitrogen and oxygen atoms in total. The largest absolute Gasteiger partial charge is 0.462 e. The van der Waals surface area contributed by atoms with Gasteiger partial charge < -0.3 is 27.4 Å². The summed E-state index contributed by atoms with van der Waals surface area (Å²) < 4.78 is 70.1. The van der Waals surface area contributed by atoms with Gasteiger partial charge in [0.25, 0.3) is 0 Å². The number of halogens is 1. The van der Waals surface area contributed by atoms with E-state index in [4.69, 9.17) is 22.8 Å². The Morgan fingerprint density at radius 1 is 0.917 bits per heavy atom. The van der Waals surface area contributed by atoms with Crippen LogP contribution >= 0.6 is 15.2 Å². The van der Waals surface area contributed by atoms with Gasteiger partial charge in [-0.2, -0.15) is 0 Å². The number of benzene rings is 1. The molecule has 0 saturated carbocycles. The van der Waals surface area contributed by atoms with Gasteiger partial charge in [-0.05, 0) is 59.2 Å². The lowest BCUT2D eigenvalue weighted by atomic mass is 10.1. The van der Waals surface area contributed by atoms with Crippen molar-refractivity contribution >= 4 is 32.1 Å². The maximum absolute atomic E-state index is 14.0. The number of pyridine rings is 1. The van der Waals surface area contributed by atoms with Crippen LogP contribution < -0.4 is 5.43 Å². The summed E-state index contributed by atoms with van der Waals surface area (Å²) in [6.07, 6.45) is 1.20. The van der Waals surface area contributed by atoms with Crippen molar-refractivity contribution in [1.29, 1.82) is 0 Å². The molecule has 0 spiro atoms. The van der Waals surface area contributed by atoms with Gasteiger partial charge in [-0.15, -0.1) is 0 Å². The van der Waals surface area contributed by atoms with E-state index < -0.39 is 37.8 Å². The number of hydrogen-bond donors (Lipinski definition) is 0. The third kappa shape index (κ3) is 6.91. The van der Waals surface area contributed by atoms with Crippen LogP contribution in [-0.4, -0.2) is 49.0 Å². The highest BCUT2D eigenvalue weighted by Gasteiger charge is 2.50. The van der Waals surface area contributed by atoms with E-state index in [0.717, 1.165) is 6.07 Å². The fourth-order valence-electron chi connectivity index (χ4n) is 3.79. The quantitative estimate of drug-likeness (QED) is 0.208. The first-order chi connectivity index (χ1) is 17.1. The molecule has 1 aromatic carbocycles. The van der Waals surface area contributed by atoms with Crippen LogP contribution in [0.15, 0.2) is 29.2 Å². The van der Waals surface area contributed by atoms with E-state index in [-0.39, 0.29) is 56.9 Å². The van der Waals surface area contributed by atoms with Gasteiger partial charge in [0.15, 0.2) is 5.40 Å². The highest BCUT2D eigenvalue weighted by molar-refractivity contribution is 7.72. The second-order valence-corrected chi connectivity index (χ2v) is 12.3. The van der Waals surface area contributed by atoms with Crippen LogP contribution in [0.2, 0.25) is 0 Å². The molecule has 0 saturated heterocycles. The van der Waals surface area contributed by atoms with Crippen LogP contribution in [0, 0.1) is 5.82 Å². The predicted octanol–water partition coefficient (Wildman–Crippen LogP) is 5.57. The number of fused-ring (bicyclic) bond motifs is 1. The molecule has 2 rings (SSSR count). The molecule has 0 amide bonds. The first-order valence-corrected chi connectivity index (χ1v) is 15.1. The molecular weight excluding hydrogens is 515 g/mol. The number of esters is 1. The Labute approximate surface area is 210 Å². The molecule has 0 atom stereocenters. The minimum Gasteiger partial charge on any atom is -0.462 e. The predicted molar refractivity (Wildman–Crippen MR) is 134 cm³/mol. The molecule has 1 heterocycles. The van der Waals surface area contributed by atoms with Crippen molar-refractivity contribution in [3.63, 3.8) is 0 Å². The number of carbonyl (C=O) groups is 1. The molecule has 0 bridgehead atoms. The molecule has 202 valence electrons. The van der Waals surface area contributed by atoms with Gasteiger partial charge >= 0.3 is 21.2 Å². The molecule has 36 heavy (non-hydrogen) atoms. The van der Waals surface area contributed by atoms with Crippen LogP contribution in [-0.2, 0) is 38.5 Å². The van der Waals surface area contributed by atoms with Gasteiger partial charge in [0.05, 0.1) is 38.6 Å². The van der Waals surface area contributed by atoms with Crippen LogP contribution in [0.3, 0.4) is 0 Å². The Morgan fingerprint density at radius 2 is 1.44 bits per heavy atom. The van der Waals surface area contributed by atoms with Crippen LogP contribution in [0.4, 0.5) is 4.39 Å². The molecule has 0 radical (unpaired) electrons. The third-order valence-corrected chi connectivity index (χ3v) is 11.3. The summed E-state index contributed by atoms with van der Waals surface area (Å²) in [4.78, 5) is 25.3. The van der Waals surface area contributed by atoms with E-state index in [1.807, 2.05) is 0 Å². The highest BCUT2D eigenvalue weighted by Crippen LogP contribution is 2.71. The monoisotopic (exact) mass is 549 g/mol. The number of aryl methyl sites for hydroxylation is 1. The van der Waals surface area contributed by atoms with E-state index in [9.17, 15) is 23.1 Å². The first-order valence-electron chi connectivity index (χ1n) is 11.9. The van der Waals surface area contributed by atoms with Crippen molar-refractivity contribution in [2.75, 3.05) is 33.0 Å². The summed E-state index contributed by atoms with van der Waals surface area (Å²) in [6, 6.07) is 3.60. The topological polar surface area (TPSA) is 119 Å². The summed E-state index contributed by atoms with van der Waals surface area (Å²) in [7, 11) is -8.01. The highest BCUT2D eigenvalue weighted by atomic mass is 31.2. The van der Waals surface area contributed by atoms with Gasteiger partial charge in [-0.3, -0.25) is 13.9 Å². The van der Waals surface area contributed by atoms with E-state index in [1.165, 1.54) is 22.9 Å². The Hall–Kier alpha value is -1.87. The Kier molecular flexibility index (Phi) is 11.5. The second kappa shape index (κ2) is 13.6. The zero-order valence-corrected chi connectivity index (χ0v) is 23.0. The minimum atomic E-state index is -4.01. The summed E-state index contributed by atoms with van der Waals surface area (Å²) in [6.45, 7) is 8.26. The van der Waals surface area contributed by atoms with Gasteiger partial charge in [0, 0.05) is 18.1 Å². The summed E-state index contributed by atoms with van der Waals surface area (Å²) in [5.41, 5.74) is -0.653. The normalized spacial score (nSPS) is 12.4. The molecular formula is C23H34FNO9P2. The number of aromatic nitrogens is 1. The number of nitrogens with zero attached hydrogens (tertiary/aromatic N) is 1. The average molecular weight is 549 g/mol. The number of hydrogen-bond acceptors (Lipinski definition) is 9. The number of rotatable bonds is 15. The summed E-state index contributed by atoms with van der Waals surface area (Å²) >= 11 is 0. The number of carbonyl (C=O) groups excluding carboxylic acids is 1. The van der Waals surface area contributed by atoms with Gasteiger partial charge in [0.1, 0.15) is 11.4 Å². The van der Waals surface area contributed by atoms with E-state index in [2.05, 4.69) is 0 Å². The van der Waals surface area contributed by atoms with Crippen LogP contribution in [0.5, 0.6) is 0 Å². The smallest absolute Gasteiger partial charge is 0.345 e. The van der Waals surface area contributed by atoms with Gasteiger partial charge in [-0.25, -0.2) is 9.18 Å². The molecule has 0 fully saturated rings. The minimum absolute atomic E-state index is 0.00619. The SMILES string of the molecule is CCOC(=O)c1cn(CCC(P(=O)(OCC)OCC)P(=O)(OCC)OCC)c2ccc(F)cc2c1=O. The Morgan fingerprint density at radius 3 is 1.92 bits per heavy atom. The zero-order valence-electron chi connectivity index (χ0n) is 21.2. The van der Waals surface area contributed by atoms with Crippen molar-refractivity contribution in [3.8, 4) is 0 Å². The lowest BCUT2D eigenvalue weighted by Gasteiger charge is -2.31. The molecule has 13 heteroatoms. The number of ether oxygens (including phenoxy) is 1. The molecule has 0 aliphatic carbocycles. The summed E-state index contributed by atoms with van der Waals surface area (Å²) in [5.74, 6) is -1.51. The molecule has 0 unspecified atom stereocenters. The van der Waals surface area contributed by atoms with Crippen molar-refractivity contribution in [2.45, 2.75) is 53.0 Å². The average Bonchev–Trinajstić information content (AvgIpc) is 2.81. The van der Waals surface area contributed by atoms with E-state index in [0.29, 0.717) is 5.52 Å². The Balaban J connectivity index is 2.66. The van der Waals surface area contributed by atoms with Gasteiger partial charge in [-0.1, -0.05) is 0 Å². The lowest BCUT2D eigenvalue weighted by molar-refractivity contribution is 0.0524. The van der Waals surface area contributed by atoms with Crippen molar-refractivity contribution in [1.82, 2.24) is 4.57 Å². The van der Waals surface area contributed by atoms with Crippen molar-refractivity contribution < 1.29 is 41.1 Å². The maximum Gasteiger partial charge on any atom is 0.345 e. The molecule has 1 aromatic heterocycles. The van der Waals surface area contributed by atoms with Gasteiger partial charge in [0.2, 0.25) is 5.43 Å². The molecule has 0 aliphatic heterocycles. The lowest BCUT2D eigenvalue weighted by Crippen LogP contribution is -2.23. The fraction of sp³-hybridized carbons (Fsp3) is 0.565. The van der Waals surface area contributed by atoms with Crippen LogP contribution in [0.1, 0.15) is 51.4 Å². The van der Waals surface area contributed by atoms with E-state index >= 15 is 0 Å². The molecule has 0 N–H and O–H groups in total. The van der Waals surface area contributed by atoms with Crippen LogP contribution in [0.25, 0.3) is 10.9 Å². The second-order valence-electron chi connectivity index (χ2n) is 7.47. The zero-order chi connectivity index (χ0) is 26.9.